The summed E-state index contributed by atoms with van der Waals surface area (Å²) in [6, 6.07) is 12.8. The lowest BCUT2D eigenvalue weighted by Crippen LogP contribution is -2.51. The van der Waals surface area contributed by atoms with Crippen molar-refractivity contribution in [2.45, 2.75) is 0 Å². The van der Waals surface area contributed by atoms with Crippen LogP contribution in [0.1, 0.15) is 0 Å². The Kier molecular flexibility index (Phi) is 6.45. The van der Waals surface area contributed by atoms with Crippen molar-refractivity contribution in [2.75, 3.05) is 62.2 Å². The molecule has 0 atom stereocenters. The van der Waals surface area contributed by atoms with Crippen LogP contribution in [-0.4, -0.2) is 78.1 Å². The van der Waals surface area contributed by atoms with Crippen molar-refractivity contribution in [3.63, 3.8) is 0 Å². The molecule has 9 nitrogen and oxygen atoms in total. The SMILES string of the molecule is C=C(N)N1CCN(c2ccc(-c3ccc(-c4ccc(N5CCN(C(=N)N)CC5)nc4)s3)cn2)CC1. The Morgan fingerprint density at radius 1 is 0.714 bits per heavy atom. The largest absolute Gasteiger partial charge is 0.386 e. The Hall–Kier alpha value is -3.79. The van der Waals surface area contributed by atoms with Crippen LogP contribution in [-0.2, 0) is 0 Å². The van der Waals surface area contributed by atoms with E-state index < -0.39 is 0 Å². The van der Waals surface area contributed by atoms with Crippen LogP contribution in [0.2, 0.25) is 0 Å². The first-order chi connectivity index (χ1) is 17.0. The Balaban J connectivity index is 1.22. The second-order valence-corrected chi connectivity index (χ2v) is 9.88. The number of nitrogens with one attached hydrogen (secondary N) is 1. The molecule has 5 rings (SSSR count). The van der Waals surface area contributed by atoms with Crippen molar-refractivity contribution in [3.8, 4) is 20.9 Å². The maximum Gasteiger partial charge on any atom is 0.188 e. The van der Waals surface area contributed by atoms with E-state index in [1.807, 2.05) is 17.3 Å². The summed E-state index contributed by atoms with van der Waals surface area (Å²) in [5, 5.41) is 7.58. The monoisotopic (exact) mass is 489 g/mol. The first kappa shape index (κ1) is 23.0. The first-order valence-electron chi connectivity index (χ1n) is 11.8. The maximum absolute atomic E-state index is 7.58. The third kappa shape index (κ3) is 5.02. The Bertz CT molecular complexity index is 1080. The Morgan fingerprint density at radius 3 is 1.54 bits per heavy atom. The zero-order valence-electron chi connectivity index (χ0n) is 19.7. The fourth-order valence-corrected chi connectivity index (χ4v) is 5.47. The van der Waals surface area contributed by atoms with Gasteiger partial charge in [-0.1, -0.05) is 6.58 Å². The van der Waals surface area contributed by atoms with Crippen molar-refractivity contribution in [1.82, 2.24) is 19.8 Å². The van der Waals surface area contributed by atoms with Crippen LogP contribution in [0.25, 0.3) is 20.9 Å². The number of piperazine rings is 2. The third-order valence-electron chi connectivity index (χ3n) is 6.62. The zero-order chi connectivity index (χ0) is 24.4. The number of aromatic nitrogens is 2. The van der Waals surface area contributed by atoms with Crippen molar-refractivity contribution in [3.05, 3.63) is 61.2 Å². The van der Waals surface area contributed by atoms with Crippen LogP contribution in [0.15, 0.2) is 61.2 Å². The highest BCUT2D eigenvalue weighted by molar-refractivity contribution is 7.18. The smallest absolute Gasteiger partial charge is 0.188 e. The molecule has 2 aliphatic heterocycles. The number of rotatable bonds is 5. The number of hydrogen-bond acceptors (Lipinski definition) is 8. The Labute approximate surface area is 209 Å². The molecule has 10 heteroatoms. The van der Waals surface area contributed by atoms with Gasteiger partial charge in [0.1, 0.15) is 11.6 Å². The number of thiophene rings is 1. The van der Waals surface area contributed by atoms with E-state index in [0.717, 1.165) is 75.1 Å². The normalized spacial score (nSPS) is 16.5. The highest BCUT2D eigenvalue weighted by Gasteiger charge is 2.20. The van der Waals surface area contributed by atoms with Crippen molar-refractivity contribution < 1.29 is 0 Å². The molecule has 35 heavy (non-hydrogen) atoms. The van der Waals surface area contributed by atoms with E-state index in [4.69, 9.17) is 26.8 Å². The summed E-state index contributed by atoms with van der Waals surface area (Å²) in [5.41, 5.74) is 13.6. The molecule has 0 bridgehead atoms. The van der Waals surface area contributed by atoms with Crippen LogP contribution in [0.5, 0.6) is 0 Å². The van der Waals surface area contributed by atoms with Gasteiger partial charge in [0.2, 0.25) is 0 Å². The fourth-order valence-electron chi connectivity index (χ4n) is 4.49. The van der Waals surface area contributed by atoms with Gasteiger partial charge in [0, 0.05) is 85.6 Å². The van der Waals surface area contributed by atoms with Gasteiger partial charge in [-0.05, 0) is 36.4 Å². The van der Waals surface area contributed by atoms with E-state index in [1.165, 1.54) is 9.75 Å². The molecule has 0 radical (unpaired) electrons. The average Bonchev–Trinajstić information content (AvgIpc) is 3.39. The zero-order valence-corrected chi connectivity index (χ0v) is 20.5. The summed E-state index contributed by atoms with van der Waals surface area (Å²) in [5.74, 6) is 2.74. The summed E-state index contributed by atoms with van der Waals surface area (Å²) in [7, 11) is 0. The van der Waals surface area contributed by atoms with Crippen LogP contribution in [0, 0.1) is 5.41 Å². The minimum absolute atomic E-state index is 0.142. The van der Waals surface area contributed by atoms with Gasteiger partial charge in [0.05, 0.1) is 5.82 Å². The summed E-state index contributed by atoms with van der Waals surface area (Å²) in [6.07, 6.45) is 3.90. The fraction of sp³-hybridized carbons (Fsp3) is 0.320. The third-order valence-corrected chi connectivity index (χ3v) is 7.81. The molecule has 0 amide bonds. The van der Waals surface area contributed by atoms with Gasteiger partial charge < -0.3 is 31.1 Å². The van der Waals surface area contributed by atoms with Gasteiger partial charge in [-0.15, -0.1) is 11.3 Å². The van der Waals surface area contributed by atoms with E-state index in [-0.39, 0.29) is 5.96 Å². The molecule has 5 heterocycles. The molecule has 0 aliphatic carbocycles. The van der Waals surface area contributed by atoms with E-state index >= 15 is 0 Å². The molecule has 0 aromatic carbocycles. The number of nitrogens with zero attached hydrogens (tertiary/aromatic N) is 6. The quantitative estimate of drug-likeness (QED) is 0.370. The van der Waals surface area contributed by atoms with E-state index in [0.29, 0.717) is 5.82 Å². The number of pyridine rings is 2. The molecular formula is C25H31N9S. The molecule has 0 unspecified atom stereocenters. The summed E-state index contributed by atoms with van der Waals surface area (Å²) >= 11 is 1.75. The van der Waals surface area contributed by atoms with Gasteiger partial charge in [-0.25, -0.2) is 9.97 Å². The molecule has 3 aromatic rings. The lowest BCUT2D eigenvalue weighted by molar-refractivity contribution is 0.318. The minimum Gasteiger partial charge on any atom is -0.386 e. The summed E-state index contributed by atoms with van der Waals surface area (Å²) in [6.45, 7) is 10.5. The predicted molar refractivity (Wildman–Crippen MR) is 144 cm³/mol. The van der Waals surface area contributed by atoms with Gasteiger partial charge in [0.15, 0.2) is 5.96 Å². The van der Waals surface area contributed by atoms with Gasteiger partial charge in [0.25, 0.3) is 0 Å². The van der Waals surface area contributed by atoms with Crippen molar-refractivity contribution in [1.29, 1.82) is 5.41 Å². The molecule has 2 aliphatic rings. The average molecular weight is 490 g/mol. The second-order valence-electron chi connectivity index (χ2n) is 8.80. The predicted octanol–water partition coefficient (Wildman–Crippen LogP) is 2.44. The van der Waals surface area contributed by atoms with E-state index in [2.05, 4.69) is 57.7 Å². The van der Waals surface area contributed by atoms with Gasteiger partial charge in [-0.2, -0.15) is 0 Å². The lowest BCUT2D eigenvalue weighted by Gasteiger charge is -2.36. The van der Waals surface area contributed by atoms with Crippen LogP contribution in [0.4, 0.5) is 11.6 Å². The van der Waals surface area contributed by atoms with Gasteiger partial charge >= 0.3 is 0 Å². The van der Waals surface area contributed by atoms with Crippen LogP contribution in [0.3, 0.4) is 0 Å². The second kappa shape index (κ2) is 9.83. The van der Waals surface area contributed by atoms with E-state index in [1.54, 1.807) is 11.3 Å². The molecule has 0 spiro atoms. The molecule has 2 fully saturated rings. The lowest BCUT2D eigenvalue weighted by atomic mass is 10.2. The molecule has 182 valence electrons. The van der Waals surface area contributed by atoms with Gasteiger partial charge in [-0.3, -0.25) is 5.41 Å². The molecule has 5 N–H and O–H groups in total. The number of hydrogen-bond donors (Lipinski definition) is 3. The van der Waals surface area contributed by atoms with Crippen molar-refractivity contribution >= 4 is 28.9 Å². The first-order valence-corrected chi connectivity index (χ1v) is 12.6. The summed E-state index contributed by atoms with van der Waals surface area (Å²) in [4.78, 5) is 20.3. The molecule has 2 saturated heterocycles. The Morgan fingerprint density at radius 2 is 1.17 bits per heavy atom. The summed E-state index contributed by atoms with van der Waals surface area (Å²) < 4.78 is 0. The van der Waals surface area contributed by atoms with Crippen LogP contribution >= 0.6 is 11.3 Å². The number of guanidine groups is 1. The van der Waals surface area contributed by atoms with Crippen molar-refractivity contribution in [2.24, 2.45) is 11.5 Å². The van der Waals surface area contributed by atoms with Crippen LogP contribution < -0.4 is 21.3 Å². The van der Waals surface area contributed by atoms with E-state index in [9.17, 15) is 0 Å². The maximum atomic E-state index is 7.58. The highest BCUT2D eigenvalue weighted by atomic mass is 32.1. The standard InChI is InChI=1S/C25H31N9S/c1-18(26)31-8-10-32(11-9-31)23-6-2-19(16-29-23)21-4-5-22(35-21)20-3-7-24(30-17-20)33-12-14-34(15-13-33)25(27)28/h2-7,16-17H,1,8-15,26H2,(H3,27,28). The highest BCUT2D eigenvalue weighted by Crippen LogP contribution is 2.35. The molecule has 3 aromatic heterocycles. The molecular weight excluding hydrogens is 458 g/mol. The molecule has 0 saturated carbocycles. The topological polar surface area (TPSA) is 115 Å². The number of anilines is 2. The number of nitrogens with two attached hydrogens (primary N) is 2. The minimum atomic E-state index is 0.142.